The van der Waals surface area contributed by atoms with Gasteiger partial charge in [-0.3, -0.25) is 4.79 Å². The maximum absolute atomic E-state index is 12.6. The first-order valence-electron chi connectivity index (χ1n) is 8.43. The number of benzene rings is 2. The number of phenolic OH excluding ortho intramolecular Hbond substituents is 1. The van der Waals surface area contributed by atoms with E-state index < -0.39 is 5.97 Å². The van der Waals surface area contributed by atoms with E-state index in [0.717, 1.165) is 35.4 Å². The molecule has 0 aliphatic carbocycles. The van der Waals surface area contributed by atoms with Crippen molar-refractivity contribution in [3.05, 3.63) is 53.1 Å². The van der Waals surface area contributed by atoms with Gasteiger partial charge in [0, 0.05) is 12.2 Å². The maximum Gasteiger partial charge on any atom is 0.342 e. The molecule has 2 aromatic carbocycles. The van der Waals surface area contributed by atoms with Gasteiger partial charge in [-0.2, -0.15) is 0 Å². The molecule has 0 spiro atoms. The molecule has 136 valence electrons. The average Bonchev–Trinajstić information content (AvgIpc) is 2.66. The van der Waals surface area contributed by atoms with Crippen molar-refractivity contribution in [2.75, 3.05) is 25.2 Å². The highest BCUT2D eigenvalue weighted by molar-refractivity contribution is 5.98. The Balaban J connectivity index is 1.70. The van der Waals surface area contributed by atoms with Gasteiger partial charge in [0.1, 0.15) is 17.1 Å². The van der Waals surface area contributed by atoms with Crippen LogP contribution in [-0.4, -0.2) is 37.2 Å². The van der Waals surface area contributed by atoms with Gasteiger partial charge in [0.25, 0.3) is 5.91 Å². The van der Waals surface area contributed by atoms with E-state index >= 15 is 0 Å². The fourth-order valence-electron chi connectivity index (χ4n) is 3.06. The van der Waals surface area contributed by atoms with Gasteiger partial charge in [0.15, 0.2) is 6.61 Å². The number of ether oxygens (including phenoxy) is 2. The highest BCUT2D eigenvalue weighted by Crippen LogP contribution is 2.30. The molecule has 0 fully saturated rings. The first kappa shape index (κ1) is 17.8. The van der Waals surface area contributed by atoms with Crippen LogP contribution in [-0.2, 0) is 16.0 Å². The van der Waals surface area contributed by atoms with E-state index in [-0.39, 0.29) is 23.8 Å². The zero-order chi connectivity index (χ0) is 18.7. The molecular weight excluding hydrogens is 334 g/mol. The second kappa shape index (κ2) is 7.47. The van der Waals surface area contributed by atoms with Crippen molar-refractivity contribution < 1.29 is 24.2 Å². The van der Waals surface area contributed by atoms with Gasteiger partial charge in [-0.15, -0.1) is 0 Å². The molecule has 1 aliphatic rings. The van der Waals surface area contributed by atoms with Crippen molar-refractivity contribution >= 4 is 17.6 Å². The highest BCUT2D eigenvalue weighted by Gasteiger charge is 2.24. The van der Waals surface area contributed by atoms with Gasteiger partial charge in [-0.25, -0.2) is 4.79 Å². The number of esters is 1. The molecule has 6 heteroatoms. The second-order valence-corrected chi connectivity index (χ2v) is 6.24. The third-order valence-corrected chi connectivity index (χ3v) is 4.41. The molecule has 0 bridgehead atoms. The van der Waals surface area contributed by atoms with Gasteiger partial charge in [-0.1, -0.05) is 11.6 Å². The van der Waals surface area contributed by atoms with Crippen molar-refractivity contribution in [3.63, 3.8) is 0 Å². The van der Waals surface area contributed by atoms with E-state index in [1.807, 2.05) is 12.1 Å². The number of anilines is 1. The Morgan fingerprint density at radius 2 is 2.00 bits per heavy atom. The fourth-order valence-corrected chi connectivity index (χ4v) is 3.06. The van der Waals surface area contributed by atoms with Crippen LogP contribution in [0.3, 0.4) is 0 Å². The number of carbonyl (C=O) groups is 2. The minimum absolute atomic E-state index is 0.0570. The standard InChI is InChI=1S/C20H21NO5/c1-13-5-8-18(22)16(10-13)20(24)26-12-19(23)21-9-3-4-14-11-15(25-2)6-7-17(14)21/h5-8,10-11,22H,3-4,9,12H2,1-2H3. The van der Waals surface area contributed by atoms with E-state index in [2.05, 4.69) is 0 Å². The Hall–Kier alpha value is -3.02. The molecule has 1 amide bonds. The van der Waals surface area contributed by atoms with Crippen LogP contribution >= 0.6 is 0 Å². The number of nitrogens with zero attached hydrogens (tertiary/aromatic N) is 1. The smallest absolute Gasteiger partial charge is 0.342 e. The summed E-state index contributed by atoms with van der Waals surface area (Å²) >= 11 is 0. The monoisotopic (exact) mass is 355 g/mol. The van der Waals surface area contributed by atoms with Gasteiger partial charge in [-0.05, 0) is 55.7 Å². The van der Waals surface area contributed by atoms with E-state index in [4.69, 9.17) is 9.47 Å². The molecule has 2 aromatic rings. The number of phenols is 1. The third kappa shape index (κ3) is 3.64. The minimum Gasteiger partial charge on any atom is -0.507 e. The number of aryl methyl sites for hydroxylation is 2. The minimum atomic E-state index is -0.716. The number of aromatic hydroxyl groups is 1. The van der Waals surface area contributed by atoms with Gasteiger partial charge >= 0.3 is 5.97 Å². The predicted octanol–water partition coefficient (Wildman–Crippen LogP) is 2.85. The Labute approximate surface area is 152 Å². The number of hydrogen-bond donors (Lipinski definition) is 1. The number of fused-ring (bicyclic) bond motifs is 1. The first-order valence-corrected chi connectivity index (χ1v) is 8.43. The quantitative estimate of drug-likeness (QED) is 0.854. The molecule has 3 rings (SSSR count). The Kier molecular flexibility index (Phi) is 5.11. The molecule has 0 unspecified atom stereocenters. The van der Waals surface area contributed by atoms with E-state index in [0.29, 0.717) is 6.54 Å². The summed E-state index contributed by atoms with van der Waals surface area (Å²) in [6.07, 6.45) is 1.70. The van der Waals surface area contributed by atoms with Gasteiger partial charge in [0.05, 0.1) is 7.11 Å². The Morgan fingerprint density at radius 3 is 2.77 bits per heavy atom. The number of methoxy groups -OCH3 is 1. The molecule has 0 saturated carbocycles. The molecule has 0 aromatic heterocycles. The SMILES string of the molecule is COc1ccc2c(c1)CCCN2C(=O)COC(=O)c1cc(C)ccc1O. The fraction of sp³-hybridized carbons (Fsp3) is 0.300. The number of rotatable bonds is 4. The molecule has 26 heavy (non-hydrogen) atoms. The Bertz CT molecular complexity index is 846. The van der Waals surface area contributed by atoms with Crippen LogP contribution in [0, 0.1) is 6.92 Å². The molecule has 0 atom stereocenters. The van der Waals surface area contributed by atoms with Crippen molar-refractivity contribution in [3.8, 4) is 11.5 Å². The lowest BCUT2D eigenvalue weighted by Gasteiger charge is -2.29. The third-order valence-electron chi connectivity index (χ3n) is 4.41. The van der Waals surface area contributed by atoms with Gasteiger partial charge < -0.3 is 19.5 Å². The molecule has 1 heterocycles. The van der Waals surface area contributed by atoms with Gasteiger partial charge in [0.2, 0.25) is 0 Å². The normalized spacial score (nSPS) is 13.1. The second-order valence-electron chi connectivity index (χ2n) is 6.24. The van der Waals surface area contributed by atoms with Crippen LogP contribution in [0.2, 0.25) is 0 Å². The van der Waals surface area contributed by atoms with E-state index in [1.165, 1.54) is 12.1 Å². The maximum atomic E-state index is 12.6. The molecular formula is C20H21NO5. The first-order chi connectivity index (χ1) is 12.5. The summed E-state index contributed by atoms with van der Waals surface area (Å²) in [6, 6.07) is 10.2. The zero-order valence-corrected chi connectivity index (χ0v) is 14.8. The molecule has 1 N–H and O–H groups in total. The van der Waals surface area contributed by atoms with Crippen LogP contribution in [0.5, 0.6) is 11.5 Å². The summed E-state index contributed by atoms with van der Waals surface area (Å²) in [6.45, 7) is 2.00. The van der Waals surface area contributed by atoms with Crippen LogP contribution in [0.4, 0.5) is 5.69 Å². The number of hydrogen-bond acceptors (Lipinski definition) is 5. The molecule has 1 aliphatic heterocycles. The lowest BCUT2D eigenvalue weighted by atomic mass is 10.0. The van der Waals surface area contributed by atoms with E-state index in [1.54, 1.807) is 31.1 Å². The molecule has 0 saturated heterocycles. The zero-order valence-electron chi connectivity index (χ0n) is 14.8. The summed E-state index contributed by atoms with van der Waals surface area (Å²) in [5.41, 5.74) is 2.73. The average molecular weight is 355 g/mol. The van der Waals surface area contributed by atoms with Crippen molar-refractivity contribution in [2.45, 2.75) is 19.8 Å². The number of amides is 1. The highest BCUT2D eigenvalue weighted by atomic mass is 16.5. The summed E-state index contributed by atoms with van der Waals surface area (Å²) in [4.78, 5) is 26.3. The van der Waals surface area contributed by atoms with Crippen LogP contribution in [0.1, 0.15) is 27.9 Å². The lowest BCUT2D eigenvalue weighted by Crippen LogP contribution is -2.38. The van der Waals surface area contributed by atoms with E-state index in [9.17, 15) is 14.7 Å². The van der Waals surface area contributed by atoms with Crippen molar-refractivity contribution in [2.24, 2.45) is 0 Å². The summed E-state index contributed by atoms with van der Waals surface area (Å²) in [5, 5.41) is 9.79. The summed E-state index contributed by atoms with van der Waals surface area (Å²) < 4.78 is 10.4. The Morgan fingerprint density at radius 1 is 1.19 bits per heavy atom. The largest absolute Gasteiger partial charge is 0.507 e. The van der Waals surface area contributed by atoms with Crippen LogP contribution in [0.15, 0.2) is 36.4 Å². The van der Waals surface area contributed by atoms with Crippen molar-refractivity contribution in [1.29, 1.82) is 0 Å². The lowest BCUT2D eigenvalue weighted by molar-refractivity contribution is -0.121. The van der Waals surface area contributed by atoms with Crippen LogP contribution < -0.4 is 9.64 Å². The van der Waals surface area contributed by atoms with Crippen molar-refractivity contribution in [1.82, 2.24) is 0 Å². The topological polar surface area (TPSA) is 76.1 Å². The molecule has 6 nitrogen and oxygen atoms in total. The summed E-state index contributed by atoms with van der Waals surface area (Å²) in [7, 11) is 1.60. The summed E-state index contributed by atoms with van der Waals surface area (Å²) in [5.74, 6) is -0.425. The predicted molar refractivity (Wildman–Crippen MR) is 96.8 cm³/mol. The van der Waals surface area contributed by atoms with Crippen LogP contribution in [0.25, 0.3) is 0 Å². The number of carbonyl (C=O) groups excluding carboxylic acids is 2. The molecule has 0 radical (unpaired) electrons.